The average Bonchev–Trinajstić information content (AvgIpc) is 2.80. The molecule has 4 nitrogen and oxygen atoms in total. The van der Waals surface area contributed by atoms with Crippen LogP contribution in [0.4, 0.5) is 5.69 Å². The van der Waals surface area contributed by atoms with E-state index in [-0.39, 0.29) is 0 Å². The van der Waals surface area contributed by atoms with Crippen LogP contribution < -0.4 is 10.2 Å². The molecule has 1 unspecified atom stereocenters. The number of aromatic nitrogens is 2. The van der Waals surface area contributed by atoms with E-state index >= 15 is 0 Å². The molecule has 0 bridgehead atoms. The van der Waals surface area contributed by atoms with Crippen molar-refractivity contribution in [2.75, 3.05) is 31.6 Å². The minimum absolute atomic E-state index is 0.333. The standard InChI is InChI=1S/C15H19BrN4/c1-15(9-17-2)4-6-20(10-15)13-3-5-18-12-7-11(16)8-19-14(12)13/h3,5,7-8,17H,4,6,9-10H2,1-2H3. The smallest absolute Gasteiger partial charge is 0.112 e. The molecule has 1 aliphatic rings. The maximum atomic E-state index is 4.55. The zero-order valence-corrected chi connectivity index (χ0v) is 13.4. The number of rotatable bonds is 3. The van der Waals surface area contributed by atoms with Gasteiger partial charge in [0.2, 0.25) is 0 Å². The van der Waals surface area contributed by atoms with E-state index in [1.165, 1.54) is 12.1 Å². The maximum absolute atomic E-state index is 4.55. The Kier molecular flexibility index (Phi) is 3.65. The van der Waals surface area contributed by atoms with Crippen molar-refractivity contribution < 1.29 is 0 Å². The van der Waals surface area contributed by atoms with Crippen LogP contribution in [-0.4, -0.2) is 36.6 Å². The second-order valence-electron chi connectivity index (χ2n) is 5.86. The Hall–Kier alpha value is -1.20. The van der Waals surface area contributed by atoms with Crippen LogP contribution in [0.3, 0.4) is 0 Å². The van der Waals surface area contributed by atoms with Crippen LogP contribution in [0, 0.1) is 5.41 Å². The SMILES string of the molecule is CNCC1(C)CCN(c2ccnc3cc(Br)cnc23)C1. The number of halogens is 1. The van der Waals surface area contributed by atoms with Gasteiger partial charge in [0, 0.05) is 36.5 Å². The predicted molar refractivity (Wildman–Crippen MR) is 86.1 cm³/mol. The minimum atomic E-state index is 0.333. The molecule has 0 spiro atoms. The lowest BCUT2D eigenvalue weighted by molar-refractivity contribution is 0.356. The quantitative estimate of drug-likeness (QED) is 0.937. The topological polar surface area (TPSA) is 41.0 Å². The fourth-order valence-corrected chi connectivity index (χ4v) is 3.37. The molecule has 0 aliphatic carbocycles. The van der Waals surface area contributed by atoms with Crippen molar-refractivity contribution in [3.8, 4) is 0 Å². The van der Waals surface area contributed by atoms with E-state index < -0.39 is 0 Å². The van der Waals surface area contributed by atoms with E-state index in [1.807, 2.05) is 25.5 Å². The van der Waals surface area contributed by atoms with Gasteiger partial charge in [0.25, 0.3) is 0 Å². The third-order valence-corrected chi connectivity index (χ3v) is 4.46. The second-order valence-corrected chi connectivity index (χ2v) is 6.78. The number of fused-ring (bicyclic) bond motifs is 1. The molecule has 2 aromatic heterocycles. The highest BCUT2D eigenvalue weighted by Crippen LogP contribution is 2.35. The Morgan fingerprint density at radius 3 is 3.10 bits per heavy atom. The molecule has 1 saturated heterocycles. The molecule has 1 fully saturated rings. The summed E-state index contributed by atoms with van der Waals surface area (Å²) in [7, 11) is 2.02. The van der Waals surface area contributed by atoms with Crippen LogP contribution in [0.25, 0.3) is 11.0 Å². The van der Waals surface area contributed by atoms with Gasteiger partial charge in [-0.2, -0.15) is 0 Å². The van der Waals surface area contributed by atoms with E-state index in [0.29, 0.717) is 5.41 Å². The van der Waals surface area contributed by atoms with Gasteiger partial charge < -0.3 is 10.2 Å². The van der Waals surface area contributed by atoms with Gasteiger partial charge in [-0.25, -0.2) is 0 Å². The van der Waals surface area contributed by atoms with Gasteiger partial charge in [-0.05, 0) is 46.9 Å². The van der Waals surface area contributed by atoms with E-state index in [1.54, 1.807) is 0 Å². The largest absolute Gasteiger partial charge is 0.369 e. The predicted octanol–water partition coefficient (Wildman–Crippen LogP) is 2.83. The van der Waals surface area contributed by atoms with Crippen LogP contribution in [0.5, 0.6) is 0 Å². The zero-order valence-electron chi connectivity index (χ0n) is 11.9. The van der Waals surface area contributed by atoms with Gasteiger partial charge in [0.15, 0.2) is 0 Å². The molecule has 20 heavy (non-hydrogen) atoms. The van der Waals surface area contributed by atoms with Gasteiger partial charge in [0.05, 0.1) is 11.2 Å². The molecule has 2 aromatic rings. The van der Waals surface area contributed by atoms with Crippen molar-refractivity contribution in [1.29, 1.82) is 0 Å². The van der Waals surface area contributed by atoms with E-state index in [2.05, 4.69) is 49.1 Å². The van der Waals surface area contributed by atoms with E-state index in [4.69, 9.17) is 0 Å². The average molecular weight is 335 g/mol. The molecule has 0 saturated carbocycles. The van der Waals surface area contributed by atoms with Crippen molar-refractivity contribution in [1.82, 2.24) is 15.3 Å². The van der Waals surface area contributed by atoms with Crippen LogP contribution in [0.2, 0.25) is 0 Å². The fraction of sp³-hybridized carbons (Fsp3) is 0.467. The molecule has 0 amide bonds. The molecule has 1 aliphatic heterocycles. The normalized spacial score (nSPS) is 22.6. The first-order chi connectivity index (χ1) is 9.61. The van der Waals surface area contributed by atoms with Crippen molar-refractivity contribution >= 4 is 32.7 Å². The first-order valence-corrected chi connectivity index (χ1v) is 7.70. The Morgan fingerprint density at radius 2 is 2.30 bits per heavy atom. The number of pyridine rings is 2. The number of hydrogen-bond donors (Lipinski definition) is 1. The molecule has 0 radical (unpaired) electrons. The van der Waals surface area contributed by atoms with Gasteiger partial charge in [0.1, 0.15) is 5.52 Å². The molecule has 1 N–H and O–H groups in total. The van der Waals surface area contributed by atoms with Crippen molar-refractivity contribution in [2.24, 2.45) is 5.41 Å². The van der Waals surface area contributed by atoms with E-state index in [9.17, 15) is 0 Å². The van der Waals surface area contributed by atoms with Crippen molar-refractivity contribution in [3.05, 3.63) is 29.0 Å². The van der Waals surface area contributed by atoms with Crippen LogP contribution in [0.1, 0.15) is 13.3 Å². The third kappa shape index (κ3) is 2.52. The number of nitrogens with one attached hydrogen (secondary N) is 1. The Morgan fingerprint density at radius 1 is 1.45 bits per heavy atom. The summed E-state index contributed by atoms with van der Waals surface area (Å²) in [5.74, 6) is 0. The summed E-state index contributed by atoms with van der Waals surface area (Å²) in [6.07, 6.45) is 4.92. The Balaban J connectivity index is 1.95. The van der Waals surface area contributed by atoms with Crippen molar-refractivity contribution in [3.63, 3.8) is 0 Å². The van der Waals surface area contributed by atoms with Crippen molar-refractivity contribution in [2.45, 2.75) is 13.3 Å². The van der Waals surface area contributed by atoms with Crippen LogP contribution in [0.15, 0.2) is 29.0 Å². The third-order valence-electron chi connectivity index (χ3n) is 4.02. The first-order valence-electron chi connectivity index (χ1n) is 6.91. The highest BCUT2D eigenvalue weighted by molar-refractivity contribution is 9.10. The number of nitrogens with zero attached hydrogens (tertiary/aromatic N) is 3. The fourth-order valence-electron chi connectivity index (χ4n) is 3.05. The molecule has 1 atom stereocenters. The monoisotopic (exact) mass is 334 g/mol. The second kappa shape index (κ2) is 5.30. The molecular weight excluding hydrogens is 316 g/mol. The van der Waals surface area contributed by atoms with Gasteiger partial charge in [-0.1, -0.05) is 6.92 Å². The number of anilines is 1. The Labute approximate surface area is 127 Å². The lowest BCUT2D eigenvalue weighted by atomic mass is 9.90. The summed E-state index contributed by atoms with van der Waals surface area (Å²) < 4.78 is 0.969. The number of hydrogen-bond acceptors (Lipinski definition) is 4. The Bertz CT molecular complexity index is 630. The highest BCUT2D eigenvalue weighted by atomic mass is 79.9. The van der Waals surface area contributed by atoms with Crippen LogP contribution in [-0.2, 0) is 0 Å². The summed E-state index contributed by atoms with van der Waals surface area (Å²) in [6, 6.07) is 4.10. The lowest BCUT2D eigenvalue weighted by Crippen LogP contribution is -2.33. The summed E-state index contributed by atoms with van der Waals surface area (Å²) in [5, 5.41) is 3.31. The van der Waals surface area contributed by atoms with Gasteiger partial charge >= 0.3 is 0 Å². The molecule has 3 rings (SSSR count). The van der Waals surface area contributed by atoms with E-state index in [0.717, 1.165) is 35.1 Å². The molecule has 106 valence electrons. The summed E-state index contributed by atoms with van der Waals surface area (Å²) in [4.78, 5) is 11.4. The summed E-state index contributed by atoms with van der Waals surface area (Å²) in [5.41, 5.74) is 3.46. The molecule has 5 heteroatoms. The molecule has 0 aromatic carbocycles. The zero-order chi connectivity index (χ0) is 14.2. The summed E-state index contributed by atoms with van der Waals surface area (Å²) in [6.45, 7) is 5.53. The lowest BCUT2D eigenvalue weighted by Gasteiger charge is -2.25. The van der Waals surface area contributed by atoms with Crippen LogP contribution >= 0.6 is 15.9 Å². The van der Waals surface area contributed by atoms with Gasteiger partial charge in [-0.15, -0.1) is 0 Å². The first kappa shape index (κ1) is 13.8. The molecule has 3 heterocycles. The summed E-state index contributed by atoms with van der Waals surface area (Å²) >= 11 is 3.45. The maximum Gasteiger partial charge on any atom is 0.112 e. The highest BCUT2D eigenvalue weighted by Gasteiger charge is 2.33. The van der Waals surface area contributed by atoms with Gasteiger partial charge in [-0.3, -0.25) is 9.97 Å². The molecular formula is C15H19BrN4. The minimum Gasteiger partial charge on any atom is -0.369 e.